The van der Waals surface area contributed by atoms with Crippen LogP contribution in [0, 0.1) is 0 Å². The second-order valence-electron chi connectivity index (χ2n) is 4.08. The first-order valence-electron chi connectivity index (χ1n) is 5.50. The molecule has 2 heteroatoms. The molecule has 15 heavy (non-hydrogen) atoms. The lowest BCUT2D eigenvalue weighted by Crippen LogP contribution is -1.91. The quantitative estimate of drug-likeness (QED) is 0.725. The van der Waals surface area contributed by atoms with Crippen molar-refractivity contribution in [1.82, 2.24) is 0 Å². The maximum atomic E-state index is 10.8. The minimum absolute atomic E-state index is 0.281. The van der Waals surface area contributed by atoms with Crippen LogP contribution in [-0.4, -0.2) is 11.5 Å². The summed E-state index contributed by atoms with van der Waals surface area (Å²) in [6.07, 6.45) is 4.46. The van der Waals surface area contributed by atoms with Crippen LogP contribution in [0.3, 0.4) is 0 Å². The zero-order chi connectivity index (χ0) is 10.7. The first-order chi connectivity index (χ1) is 7.25. The number of Topliss-reactive ketones (excluding diaryl/α,β-unsaturated/α-hetero) is 1. The molecular formula is C13H16OS. The summed E-state index contributed by atoms with van der Waals surface area (Å²) in [5, 5.41) is 0. The van der Waals surface area contributed by atoms with Crippen molar-refractivity contribution in [1.29, 1.82) is 0 Å². The van der Waals surface area contributed by atoms with Gasteiger partial charge in [0.1, 0.15) is 5.78 Å². The molecule has 0 fully saturated rings. The topological polar surface area (TPSA) is 17.1 Å². The Morgan fingerprint density at radius 2 is 2.13 bits per heavy atom. The average Bonchev–Trinajstić information content (AvgIpc) is 2.64. The fourth-order valence-electron chi connectivity index (χ4n) is 1.95. The number of carbonyl (C=O) groups is 1. The van der Waals surface area contributed by atoms with Gasteiger partial charge in [-0.3, -0.25) is 4.79 Å². The lowest BCUT2D eigenvalue weighted by molar-refractivity contribution is -0.116. The van der Waals surface area contributed by atoms with Gasteiger partial charge in [0.15, 0.2) is 0 Å². The van der Waals surface area contributed by atoms with E-state index in [1.165, 1.54) is 35.3 Å². The van der Waals surface area contributed by atoms with E-state index in [-0.39, 0.29) is 5.78 Å². The van der Waals surface area contributed by atoms with E-state index < -0.39 is 0 Å². The largest absolute Gasteiger partial charge is 0.300 e. The summed E-state index contributed by atoms with van der Waals surface area (Å²) in [4.78, 5) is 12.1. The van der Waals surface area contributed by atoms with E-state index >= 15 is 0 Å². The molecule has 1 aliphatic rings. The Morgan fingerprint density at radius 3 is 2.93 bits per heavy atom. The first-order valence-corrected chi connectivity index (χ1v) is 6.48. The van der Waals surface area contributed by atoms with Crippen LogP contribution in [-0.2, 0) is 17.6 Å². The third-order valence-corrected chi connectivity index (χ3v) is 3.79. The molecule has 0 N–H and O–H groups in total. The van der Waals surface area contributed by atoms with Crippen LogP contribution in [0.5, 0.6) is 0 Å². The van der Waals surface area contributed by atoms with E-state index in [1.807, 2.05) is 0 Å². The number of rotatable bonds is 4. The molecular weight excluding hydrogens is 204 g/mol. The molecule has 2 rings (SSSR count). The van der Waals surface area contributed by atoms with Crippen LogP contribution >= 0.6 is 11.8 Å². The minimum atomic E-state index is 0.281. The van der Waals surface area contributed by atoms with Crippen molar-refractivity contribution in [3.63, 3.8) is 0 Å². The standard InChI is InChI=1S/C13H16OS/c1-10(14)7-8-15-13-6-5-11-3-2-4-12(11)9-13/h5-6,9H,2-4,7-8H2,1H3. The summed E-state index contributed by atoms with van der Waals surface area (Å²) in [7, 11) is 0. The molecule has 0 heterocycles. The van der Waals surface area contributed by atoms with E-state index in [0.717, 1.165) is 5.75 Å². The fraction of sp³-hybridized carbons (Fsp3) is 0.462. The summed E-state index contributed by atoms with van der Waals surface area (Å²) < 4.78 is 0. The highest BCUT2D eigenvalue weighted by molar-refractivity contribution is 7.99. The van der Waals surface area contributed by atoms with Crippen molar-refractivity contribution < 1.29 is 4.79 Å². The van der Waals surface area contributed by atoms with Crippen LogP contribution in [0.4, 0.5) is 0 Å². The number of fused-ring (bicyclic) bond motifs is 1. The van der Waals surface area contributed by atoms with Crippen LogP contribution in [0.15, 0.2) is 23.1 Å². The Bertz CT molecular complexity index is 371. The third-order valence-electron chi connectivity index (χ3n) is 2.79. The molecule has 0 unspecified atom stereocenters. The zero-order valence-corrected chi connectivity index (χ0v) is 9.90. The minimum Gasteiger partial charge on any atom is -0.300 e. The van der Waals surface area contributed by atoms with Gasteiger partial charge in [-0.2, -0.15) is 0 Å². The van der Waals surface area contributed by atoms with Gasteiger partial charge >= 0.3 is 0 Å². The zero-order valence-electron chi connectivity index (χ0n) is 9.08. The Labute approximate surface area is 95.3 Å². The molecule has 1 nitrogen and oxygen atoms in total. The number of ketones is 1. The van der Waals surface area contributed by atoms with Gasteiger partial charge in [-0.15, -0.1) is 11.8 Å². The monoisotopic (exact) mass is 220 g/mol. The molecule has 0 aromatic heterocycles. The normalized spacial score (nSPS) is 13.9. The Kier molecular flexibility index (Phi) is 3.47. The van der Waals surface area contributed by atoms with Gasteiger partial charge in [-0.25, -0.2) is 0 Å². The summed E-state index contributed by atoms with van der Waals surface area (Å²) in [6.45, 7) is 1.66. The predicted octanol–water partition coefficient (Wildman–Crippen LogP) is 3.25. The van der Waals surface area contributed by atoms with Crippen molar-refractivity contribution in [2.45, 2.75) is 37.5 Å². The fourth-order valence-corrected chi connectivity index (χ4v) is 2.97. The molecule has 80 valence electrons. The SMILES string of the molecule is CC(=O)CCSc1ccc2c(c1)CCC2. The van der Waals surface area contributed by atoms with E-state index in [9.17, 15) is 4.79 Å². The van der Waals surface area contributed by atoms with Gasteiger partial charge in [0.25, 0.3) is 0 Å². The smallest absolute Gasteiger partial charge is 0.130 e. The molecule has 1 aliphatic carbocycles. The molecule has 0 atom stereocenters. The van der Waals surface area contributed by atoms with Crippen LogP contribution < -0.4 is 0 Å². The summed E-state index contributed by atoms with van der Waals surface area (Å²) in [6, 6.07) is 6.74. The highest BCUT2D eigenvalue weighted by Crippen LogP contribution is 2.27. The second-order valence-corrected chi connectivity index (χ2v) is 5.25. The summed E-state index contributed by atoms with van der Waals surface area (Å²) in [5.41, 5.74) is 3.04. The van der Waals surface area contributed by atoms with Crippen molar-refractivity contribution in [2.75, 3.05) is 5.75 Å². The number of thioether (sulfide) groups is 1. The summed E-state index contributed by atoms with van der Waals surface area (Å²) >= 11 is 1.79. The van der Waals surface area contributed by atoms with E-state index in [4.69, 9.17) is 0 Å². The molecule has 0 aliphatic heterocycles. The van der Waals surface area contributed by atoms with Gasteiger partial charge in [0, 0.05) is 17.1 Å². The maximum Gasteiger partial charge on any atom is 0.130 e. The average molecular weight is 220 g/mol. The van der Waals surface area contributed by atoms with Crippen molar-refractivity contribution in [2.24, 2.45) is 0 Å². The molecule has 0 bridgehead atoms. The number of benzene rings is 1. The first kappa shape index (κ1) is 10.7. The number of aryl methyl sites for hydroxylation is 2. The number of hydrogen-bond acceptors (Lipinski definition) is 2. The summed E-state index contributed by atoms with van der Waals surface area (Å²) in [5.74, 6) is 1.19. The van der Waals surface area contributed by atoms with E-state index in [0.29, 0.717) is 6.42 Å². The molecule has 0 spiro atoms. The van der Waals surface area contributed by atoms with Gasteiger partial charge in [-0.05, 0) is 49.4 Å². The van der Waals surface area contributed by atoms with Crippen molar-refractivity contribution >= 4 is 17.5 Å². The van der Waals surface area contributed by atoms with Gasteiger partial charge in [-0.1, -0.05) is 6.07 Å². The maximum absolute atomic E-state index is 10.8. The highest BCUT2D eigenvalue weighted by atomic mass is 32.2. The molecule has 0 saturated carbocycles. The third kappa shape index (κ3) is 2.85. The van der Waals surface area contributed by atoms with Gasteiger partial charge < -0.3 is 0 Å². The number of carbonyl (C=O) groups excluding carboxylic acids is 1. The van der Waals surface area contributed by atoms with Crippen LogP contribution in [0.2, 0.25) is 0 Å². The predicted molar refractivity (Wildman–Crippen MR) is 64.5 cm³/mol. The molecule has 1 aromatic carbocycles. The highest BCUT2D eigenvalue weighted by Gasteiger charge is 2.10. The Morgan fingerprint density at radius 1 is 1.33 bits per heavy atom. The van der Waals surface area contributed by atoms with E-state index in [1.54, 1.807) is 18.7 Å². The molecule has 1 aromatic rings. The van der Waals surface area contributed by atoms with E-state index in [2.05, 4.69) is 18.2 Å². The number of hydrogen-bond donors (Lipinski definition) is 0. The van der Waals surface area contributed by atoms with Crippen molar-refractivity contribution in [3.8, 4) is 0 Å². The lowest BCUT2D eigenvalue weighted by atomic mass is 10.1. The van der Waals surface area contributed by atoms with Crippen LogP contribution in [0.25, 0.3) is 0 Å². The second kappa shape index (κ2) is 4.84. The molecule has 0 radical (unpaired) electrons. The lowest BCUT2D eigenvalue weighted by Gasteiger charge is -2.03. The van der Waals surface area contributed by atoms with Gasteiger partial charge in [0.2, 0.25) is 0 Å². The Hall–Kier alpha value is -0.760. The van der Waals surface area contributed by atoms with Crippen molar-refractivity contribution in [3.05, 3.63) is 29.3 Å². The molecule has 0 amide bonds. The van der Waals surface area contributed by atoms with Crippen LogP contribution in [0.1, 0.15) is 30.9 Å². The van der Waals surface area contributed by atoms with Gasteiger partial charge in [0.05, 0.1) is 0 Å². The molecule has 0 saturated heterocycles. The Balaban J connectivity index is 1.95.